The van der Waals surface area contributed by atoms with Crippen LogP contribution in [0.3, 0.4) is 0 Å². The number of carbonyl (C=O) groups excluding carboxylic acids is 2. The third-order valence-electron chi connectivity index (χ3n) is 3.02. The Balaban J connectivity index is 2.59. The largest absolute Gasteiger partial charge is 0.481 e. The predicted molar refractivity (Wildman–Crippen MR) is 64.1 cm³/mol. The Morgan fingerprint density at radius 2 is 2.11 bits per heavy atom. The van der Waals surface area contributed by atoms with Crippen LogP contribution in [0.2, 0.25) is 0 Å². The molecule has 1 rings (SSSR count). The normalized spacial score (nSPS) is 18.6. The molecule has 1 aliphatic rings. The maximum Gasteiger partial charge on any atom is 0.320 e. The van der Waals surface area contributed by atoms with Crippen molar-refractivity contribution in [3.05, 3.63) is 0 Å². The number of hydrogen-bond donors (Lipinski definition) is 2. The van der Waals surface area contributed by atoms with Gasteiger partial charge in [-0.3, -0.25) is 9.59 Å². The van der Waals surface area contributed by atoms with Crippen LogP contribution in [0.25, 0.3) is 0 Å². The van der Waals surface area contributed by atoms with E-state index in [-0.39, 0.29) is 30.9 Å². The summed E-state index contributed by atoms with van der Waals surface area (Å²) in [6.07, 6.45) is 1.46. The fraction of sp³-hybridized carbons (Fsp3) is 0.727. The van der Waals surface area contributed by atoms with E-state index >= 15 is 0 Å². The highest BCUT2D eigenvalue weighted by atomic mass is 16.4. The molecule has 1 atom stereocenters. The van der Waals surface area contributed by atoms with E-state index < -0.39 is 5.97 Å². The Bertz CT molecular complexity index is 345. The van der Waals surface area contributed by atoms with E-state index in [0.717, 1.165) is 6.42 Å². The molecule has 2 N–H and O–H groups in total. The predicted octanol–water partition coefficient (Wildman–Crippen LogP) is -0.277. The topological polar surface area (TPSA) is 90.0 Å². The first kappa shape index (κ1) is 14.3. The molecule has 1 unspecified atom stereocenters. The van der Waals surface area contributed by atoms with Gasteiger partial charge in [0.05, 0.1) is 6.42 Å². The standard InChI is InChI=1S/C11H19N3O4/c1-12-9(15)7-13(2)11(18)14-5-3-4-8(14)6-10(16)17/h8H,3-7H2,1-2H3,(H,12,15)(H,16,17). The zero-order valence-corrected chi connectivity index (χ0v) is 10.7. The van der Waals surface area contributed by atoms with Crippen molar-refractivity contribution in [2.75, 3.05) is 27.2 Å². The number of amides is 3. The molecule has 7 nitrogen and oxygen atoms in total. The summed E-state index contributed by atoms with van der Waals surface area (Å²) in [5.74, 6) is -1.16. The Morgan fingerprint density at radius 3 is 2.67 bits per heavy atom. The molecule has 0 radical (unpaired) electrons. The number of carbonyl (C=O) groups is 3. The third-order valence-corrected chi connectivity index (χ3v) is 3.02. The van der Waals surface area contributed by atoms with Crippen molar-refractivity contribution in [2.24, 2.45) is 0 Å². The van der Waals surface area contributed by atoms with Gasteiger partial charge in [-0.05, 0) is 12.8 Å². The van der Waals surface area contributed by atoms with E-state index in [1.165, 1.54) is 23.9 Å². The van der Waals surface area contributed by atoms with Crippen LogP contribution in [0.4, 0.5) is 4.79 Å². The molecule has 0 aromatic carbocycles. The molecule has 7 heteroatoms. The van der Waals surface area contributed by atoms with E-state index in [9.17, 15) is 14.4 Å². The molecule has 1 saturated heterocycles. The summed E-state index contributed by atoms with van der Waals surface area (Å²) < 4.78 is 0. The minimum atomic E-state index is -0.909. The zero-order valence-electron chi connectivity index (χ0n) is 10.7. The number of nitrogens with one attached hydrogen (secondary N) is 1. The van der Waals surface area contributed by atoms with Crippen LogP contribution in [0.5, 0.6) is 0 Å². The number of rotatable bonds is 4. The molecule has 0 aromatic rings. The molecule has 102 valence electrons. The summed E-state index contributed by atoms with van der Waals surface area (Å²) in [6, 6.07) is -0.551. The second kappa shape index (κ2) is 6.23. The maximum absolute atomic E-state index is 12.1. The molecule has 0 saturated carbocycles. The van der Waals surface area contributed by atoms with E-state index in [1.807, 2.05) is 0 Å². The van der Waals surface area contributed by atoms with Crippen molar-refractivity contribution < 1.29 is 19.5 Å². The Labute approximate surface area is 106 Å². The first-order chi connectivity index (χ1) is 8.45. The van der Waals surface area contributed by atoms with Crippen molar-refractivity contribution in [3.8, 4) is 0 Å². The van der Waals surface area contributed by atoms with Crippen LogP contribution in [0, 0.1) is 0 Å². The number of likely N-dealkylation sites (tertiary alicyclic amines) is 1. The molecule has 0 aliphatic carbocycles. The lowest BCUT2D eigenvalue weighted by Crippen LogP contribution is -2.47. The molecule has 3 amide bonds. The Kier molecular flexibility index (Phi) is 4.94. The number of likely N-dealkylation sites (N-methyl/N-ethyl adjacent to an activating group) is 2. The minimum Gasteiger partial charge on any atom is -0.481 e. The number of carboxylic acid groups (broad SMARTS) is 1. The fourth-order valence-electron chi connectivity index (χ4n) is 2.08. The maximum atomic E-state index is 12.1. The lowest BCUT2D eigenvalue weighted by Gasteiger charge is -2.28. The average Bonchev–Trinajstić information content (AvgIpc) is 2.74. The van der Waals surface area contributed by atoms with Crippen LogP contribution >= 0.6 is 0 Å². The fourth-order valence-corrected chi connectivity index (χ4v) is 2.08. The van der Waals surface area contributed by atoms with Crippen LogP contribution in [0.1, 0.15) is 19.3 Å². The quantitative estimate of drug-likeness (QED) is 0.725. The second-order valence-electron chi connectivity index (χ2n) is 4.40. The van der Waals surface area contributed by atoms with Gasteiger partial charge in [0.15, 0.2) is 0 Å². The van der Waals surface area contributed by atoms with E-state index in [1.54, 1.807) is 0 Å². The van der Waals surface area contributed by atoms with Crippen molar-refractivity contribution in [1.82, 2.24) is 15.1 Å². The van der Waals surface area contributed by atoms with Crippen LogP contribution in [-0.4, -0.2) is 66.0 Å². The number of urea groups is 1. The van der Waals surface area contributed by atoms with Gasteiger partial charge in [-0.15, -0.1) is 0 Å². The zero-order chi connectivity index (χ0) is 13.7. The van der Waals surface area contributed by atoms with Gasteiger partial charge in [-0.1, -0.05) is 0 Å². The van der Waals surface area contributed by atoms with Gasteiger partial charge < -0.3 is 20.2 Å². The summed E-state index contributed by atoms with van der Waals surface area (Å²) in [4.78, 5) is 36.8. The Morgan fingerprint density at radius 1 is 1.44 bits per heavy atom. The summed E-state index contributed by atoms with van der Waals surface area (Å²) in [5, 5.41) is 11.2. The molecule has 0 aromatic heterocycles. The van der Waals surface area contributed by atoms with Crippen molar-refractivity contribution in [3.63, 3.8) is 0 Å². The highest BCUT2D eigenvalue weighted by Crippen LogP contribution is 2.21. The summed E-state index contributed by atoms with van der Waals surface area (Å²) >= 11 is 0. The van der Waals surface area contributed by atoms with Gasteiger partial charge in [0.25, 0.3) is 0 Å². The summed E-state index contributed by atoms with van der Waals surface area (Å²) in [7, 11) is 3.04. The number of carboxylic acids is 1. The SMILES string of the molecule is CNC(=O)CN(C)C(=O)N1CCCC1CC(=O)O. The minimum absolute atomic E-state index is 0.0222. The average molecular weight is 257 g/mol. The Hall–Kier alpha value is -1.79. The molecular formula is C11H19N3O4. The van der Waals surface area contributed by atoms with Gasteiger partial charge in [0, 0.05) is 26.7 Å². The van der Waals surface area contributed by atoms with Crippen LogP contribution in [-0.2, 0) is 9.59 Å². The number of aliphatic carboxylic acids is 1. The first-order valence-electron chi connectivity index (χ1n) is 5.89. The summed E-state index contributed by atoms with van der Waals surface area (Å²) in [6.45, 7) is 0.528. The molecule has 1 aliphatic heterocycles. The van der Waals surface area contributed by atoms with Crippen molar-refractivity contribution >= 4 is 17.9 Å². The van der Waals surface area contributed by atoms with Gasteiger partial charge in [-0.25, -0.2) is 4.79 Å². The molecule has 0 spiro atoms. The second-order valence-corrected chi connectivity index (χ2v) is 4.40. The lowest BCUT2D eigenvalue weighted by molar-refractivity contribution is -0.138. The molecular weight excluding hydrogens is 238 g/mol. The van der Waals surface area contributed by atoms with Gasteiger partial charge in [-0.2, -0.15) is 0 Å². The lowest BCUT2D eigenvalue weighted by atomic mass is 10.1. The highest BCUT2D eigenvalue weighted by molar-refractivity contribution is 5.84. The van der Waals surface area contributed by atoms with Gasteiger partial charge >= 0.3 is 12.0 Å². The van der Waals surface area contributed by atoms with E-state index in [4.69, 9.17) is 5.11 Å². The van der Waals surface area contributed by atoms with Crippen LogP contribution < -0.4 is 5.32 Å². The van der Waals surface area contributed by atoms with Crippen molar-refractivity contribution in [2.45, 2.75) is 25.3 Å². The van der Waals surface area contributed by atoms with Crippen LogP contribution in [0.15, 0.2) is 0 Å². The van der Waals surface area contributed by atoms with E-state index in [2.05, 4.69) is 5.32 Å². The molecule has 1 fully saturated rings. The third kappa shape index (κ3) is 3.61. The number of nitrogens with zero attached hydrogens (tertiary/aromatic N) is 2. The van der Waals surface area contributed by atoms with E-state index in [0.29, 0.717) is 13.0 Å². The van der Waals surface area contributed by atoms with Gasteiger partial charge in [0.1, 0.15) is 6.54 Å². The van der Waals surface area contributed by atoms with Gasteiger partial charge in [0.2, 0.25) is 5.91 Å². The molecule has 18 heavy (non-hydrogen) atoms. The first-order valence-corrected chi connectivity index (χ1v) is 5.89. The van der Waals surface area contributed by atoms with Crippen molar-refractivity contribution in [1.29, 1.82) is 0 Å². The summed E-state index contributed by atoms with van der Waals surface area (Å²) in [5.41, 5.74) is 0. The number of hydrogen-bond acceptors (Lipinski definition) is 3. The smallest absolute Gasteiger partial charge is 0.320 e. The monoisotopic (exact) mass is 257 g/mol. The molecule has 0 bridgehead atoms. The highest BCUT2D eigenvalue weighted by Gasteiger charge is 2.32. The molecule has 1 heterocycles.